The van der Waals surface area contributed by atoms with Crippen molar-refractivity contribution in [1.29, 1.82) is 0 Å². The predicted octanol–water partition coefficient (Wildman–Crippen LogP) is 3.90. The minimum atomic E-state index is -4.06. The lowest BCUT2D eigenvalue weighted by molar-refractivity contribution is -0.120. The fourth-order valence-corrected chi connectivity index (χ4v) is 4.31. The lowest BCUT2D eigenvalue weighted by Crippen LogP contribution is -2.41. The Morgan fingerprint density at radius 1 is 0.931 bits per heavy atom. The topological polar surface area (TPSA) is 66.5 Å². The molecule has 0 saturated heterocycles. The van der Waals surface area contributed by atoms with Gasteiger partial charge in [0.25, 0.3) is 10.0 Å². The van der Waals surface area contributed by atoms with Crippen molar-refractivity contribution >= 4 is 21.6 Å². The van der Waals surface area contributed by atoms with Crippen LogP contribution in [0, 0.1) is 5.82 Å². The van der Waals surface area contributed by atoms with Crippen molar-refractivity contribution in [3.8, 4) is 0 Å². The molecule has 0 radical (unpaired) electrons. The van der Waals surface area contributed by atoms with E-state index < -0.39 is 28.3 Å². The van der Waals surface area contributed by atoms with Crippen LogP contribution >= 0.6 is 0 Å². The van der Waals surface area contributed by atoms with E-state index in [1.54, 1.807) is 30.3 Å². The summed E-state index contributed by atoms with van der Waals surface area (Å²) < 4.78 is 40.6. The van der Waals surface area contributed by atoms with Crippen molar-refractivity contribution < 1.29 is 17.6 Å². The van der Waals surface area contributed by atoms with Crippen molar-refractivity contribution in [2.24, 2.45) is 0 Å². The highest BCUT2D eigenvalue weighted by Crippen LogP contribution is 2.23. The van der Waals surface area contributed by atoms with E-state index in [-0.39, 0.29) is 10.9 Å². The number of rotatable bonds is 7. The Hall–Kier alpha value is -3.19. The van der Waals surface area contributed by atoms with Gasteiger partial charge in [-0.25, -0.2) is 12.8 Å². The van der Waals surface area contributed by atoms with Gasteiger partial charge in [-0.15, -0.1) is 0 Å². The van der Waals surface area contributed by atoms with Crippen molar-refractivity contribution in [3.63, 3.8) is 0 Å². The van der Waals surface area contributed by atoms with Gasteiger partial charge in [-0.2, -0.15) is 0 Å². The minimum Gasteiger partial charge on any atom is -0.348 e. The number of carbonyl (C=O) groups excluding carboxylic acids is 1. The third kappa shape index (κ3) is 5.00. The molecule has 1 atom stereocenters. The van der Waals surface area contributed by atoms with Crippen molar-refractivity contribution in [2.45, 2.75) is 17.9 Å². The summed E-state index contributed by atoms with van der Waals surface area (Å²) in [6, 6.07) is 22.0. The van der Waals surface area contributed by atoms with E-state index in [0.29, 0.717) is 5.69 Å². The molecule has 0 aliphatic carbocycles. The molecule has 150 valence electrons. The van der Waals surface area contributed by atoms with Crippen molar-refractivity contribution in [3.05, 3.63) is 96.3 Å². The van der Waals surface area contributed by atoms with E-state index in [1.165, 1.54) is 12.1 Å². The highest BCUT2D eigenvalue weighted by atomic mass is 32.2. The van der Waals surface area contributed by atoms with Crippen LogP contribution in [0.15, 0.2) is 89.8 Å². The van der Waals surface area contributed by atoms with Crippen LogP contribution in [0.4, 0.5) is 10.1 Å². The van der Waals surface area contributed by atoms with Gasteiger partial charge in [0.2, 0.25) is 5.91 Å². The van der Waals surface area contributed by atoms with E-state index in [4.69, 9.17) is 0 Å². The van der Waals surface area contributed by atoms with Crippen LogP contribution < -0.4 is 9.62 Å². The summed E-state index contributed by atoms with van der Waals surface area (Å²) in [7, 11) is -4.06. The first-order valence-corrected chi connectivity index (χ1v) is 10.5. The standard InChI is InChI=1S/C22H21FN2O3S/c1-17(18-8-4-2-5-9-18)24-22(26)16-25(20-10-6-3-7-11-20)29(27,28)21-14-12-19(23)13-15-21/h2-15,17H,16H2,1H3,(H,24,26)/t17-/m1/s1. The Balaban J connectivity index is 1.86. The van der Waals surface area contributed by atoms with E-state index >= 15 is 0 Å². The Labute approximate surface area is 169 Å². The maximum absolute atomic E-state index is 13.2. The quantitative estimate of drug-likeness (QED) is 0.640. The molecule has 0 aliphatic rings. The first-order valence-electron chi connectivity index (χ1n) is 9.05. The van der Waals surface area contributed by atoms with Crippen LogP contribution in [0.3, 0.4) is 0 Å². The number of nitrogens with zero attached hydrogens (tertiary/aromatic N) is 1. The zero-order valence-corrected chi connectivity index (χ0v) is 16.6. The lowest BCUT2D eigenvalue weighted by Gasteiger charge is -2.25. The Bertz CT molecular complexity index is 1060. The van der Waals surface area contributed by atoms with E-state index in [2.05, 4.69) is 5.32 Å². The van der Waals surface area contributed by atoms with Crippen LogP contribution in [-0.4, -0.2) is 20.9 Å². The SMILES string of the molecule is C[C@@H](NC(=O)CN(c1ccccc1)S(=O)(=O)c1ccc(F)cc1)c1ccccc1. The number of para-hydroxylation sites is 1. The number of carbonyl (C=O) groups is 1. The molecule has 0 saturated carbocycles. The molecule has 0 aromatic heterocycles. The van der Waals surface area contributed by atoms with Crippen molar-refractivity contribution in [2.75, 3.05) is 10.8 Å². The molecule has 3 aromatic rings. The summed E-state index contributed by atoms with van der Waals surface area (Å²) in [6.07, 6.45) is 0. The lowest BCUT2D eigenvalue weighted by atomic mass is 10.1. The molecule has 0 fully saturated rings. The molecule has 0 heterocycles. The smallest absolute Gasteiger partial charge is 0.264 e. The summed E-state index contributed by atoms with van der Waals surface area (Å²) in [5, 5.41) is 2.82. The summed E-state index contributed by atoms with van der Waals surface area (Å²) in [6.45, 7) is 1.43. The molecule has 1 amide bonds. The molecule has 0 aliphatic heterocycles. The second-order valence-electron chi connectivity index (χ2n) is 6.50. The number of sulfonamides is 1. The average molecular weight is 412 g/mol. The fourth-order valence-electron chi connectivity index (χ4n) is 2.89. The number of hydrogen-bond donors (Lipinski definition) is 1. The summed E-state index contributed by atoms with van der Waals surface area (Å²) in [5.41, 5.74) is 1.26. The first kappa shape index (κ1) is 20.5. The Kier molecular flexibility index (Phi) is 6.29. The maximum Gasteiger partial charge on any atom is 0.264 e. The number of nitrogens with one attached hydrogen (secondary N) is 1. The normalized spacial score (nSPS) is 12.2. The molecule has 7 heteroatoms. The fraction of sp³-hybridized carbons (Fsp3) is 0.136. The highest BCUT2D eigenvalue weighted by molar-refractivity contribution is 7.92. The second-order valence-corrected chi connectivity index (χ2v) is 8.36. The zero-order chi connectivity index (χ0) is 20.9. The largest absolute Gasteiger partial charge is 0.348 e. The first-order chi connectivity index (χ1) is 13.9. The van der Waals surface area contributed by atoms with Gasteiger partial charge in [-0.1, -0.05) is 48.5 Å². The summed E-state index contributed by atoms with van der Waals surface area (Å²) in [4.78, 5) is 12.6. The molecule has 3 rings (SSSR count). The Morgan fingerprint density at radius 3 is 2.07 bits per heavy atom. The summed E-state index contributed by atoms with van der Waals surface area (Å²) in [5.74, 6) is -0.986. The van der Waals surface area contributed by atoms with Crippen LogP contribution in [0.2, 0.25) is 0 Å². The molecular weight excluding hydrogens is 391 g/mol. The number of amides is 1. The van der Waals surface area contributed by atoms with Gasteiger partial charge >= 0.3 is 0 Å². The van der Waals surface area contributed by atoms with Gasteiger partial charge < -0.3 is 5.32 Å². The molecule has 0 unspecified atom stereocenters. The van der Waals surface area contributed by atoms with Gasteiger partial charge in [-0.3, -0.25) is 9.10 Å². The highest BCUT2D eigenvalue weighted by Gasteiger charge is 2.27. The molecular formula is C22H21FN2O3S. The number of hydrogen-bond acceptors (Lipinski definition) is 3. The third-order valence-corrected chi connectivity index (χ3v) is 6.20. The van der Waals surface area contributed by atoms with Crippen molar-refractivity contribution in [1.82, 2.24) is 5.32 Å². The van der Waals surface area contributed by atoms with Gasteiger partial charge in [0.05, 0.1) is 16.6 Å². The van der Waals surface area contributed by atoms with E-state index in [9.17, 15) is 17.6 Å². The van der Waals surface area contributed by atoms with Crippen LogP contribution in [-0.2, 0) is 14.8 Å². The average Bonchev–Trinajstić information content (AvgIpc) is 2.73. The summed E-state index contributed by atoms with van der Waals surface area (Å²) >= 11 is 0. The molecule has 1 N–H and O–H groups in total. The number of anilines is 1. The van der Waals surface area contributed by atoms with E-state index in [0.717, 1.165) is 22.0 Å². The van der Waals surface area contributed by atoms with Gasteiger partial charge in [-0.05, 0) is 48.9 Å². The molecule has 29 heavy (non-hydrogen) atoms. The minimum absolute atomic E-state index is 0.0911. The maximum atomic E-state index is 13.2. The molecule has 0 bridgehead atoms. The van der Waals surface area contributed by atoms with Gasteiger partial charge in [0.15, 0.2) is 0 Å². The van der Waals surface area contributed by atoms with E-state index in [1.807, 2.05) is 37.3 Å². The van der Waals surface area contributed by atoms with Crippen LogP contribution in [0.25, 0.3) is 0 Å². The molecule has 0 spiro atoms. The second kappa shape index (κ2) is 8.87. The molecule has 3 aromatic carbocycles. The Morgan fingerprint density at radius 2 is 1.48 bits per heavy atom. The van der Waals surface area contributed by atoms with Gasteiger partial charge in [0.1, 0.15) is 12.4 Å². The molecule has 5 nitrogen and oxygen atoms in total. The predicted molar refractivity (Wildman–Crippen MR) is 110 cm³/mol. The monoisotopic (exact) mass is 412 g/mol. The van der Waals surface area contributed by atoms with Crippen LogP contribution in [0.1, 0.15) is 18.5 Å². The number of benzene rings is 3. The zero-order valence-electron chi connectivity index (χ0n) is 15.8. The number of halogens is 1. The van der Waals surface area contributed by atoms with Crippen LogP contribution in [0.5, 0.6) is 0 Å². The third-order valence-electron chi connectivity index (χ3n) is 4.41. The van der Waals surface area contributed by atoms with Gasteiger partial charge in [0, 0.05) is 0 Å².